The smallest absolute Gasteiger partial charge is 0.164 e. The summed E-state index contributed by atoms with van der Waals surface area (Å²) in [5.74, 6) is 1.89. The molecule has 0 saturated carbocycles. The number of nitrogens with zero attached hydrogens (tertiary/aromatic N) is 4. The molecule has 5 heteroatoms. The van der Waals surface area contributed by atoms with Gasteiger partial charge in [0.25, 0.3) is 0 Å². The van der Waals surface area contributed by atoms with Gasteiger partial charge in [0, 0.05) is 53.3 Å². The lowest BCUT2D eigenvalue weighted by atomic mass is 9.97. The fourth-order valence-electron chi connectivity index (χ4n) is 8.04. The van der Waals surface area contributed by atoms with Gasteiger partial charge in [-0.1, -0.05) is 146 Å². The van der Waals surface area contributed by atoms with E-state index in [1.54, 1.807) is 0 Å². The van der Waals surface area contributed by atoms with Crippen molar-refractivity contribution in [3.8, 4) is 62.1 Å². The summed E-state index contributed by atoms with van der Waals surface area (Å²) in [4.78, 5) is 15.4. The molecule has 0 saturated heterocycles. The lowest BCUT2D eigenvalue weighted by Crippen LogP contribution is -2.01. The monoisotopic (exact) mass is 732 g/mol. The van der Waals surface area contributed by atoms with Gasteiger partial charge in [-0.25, -0.2) is 15.0 Å². The molecule has 0 atom stereocenters. The molecule has 11 rings (SSSR count). The molecule has 4 nitrogen and oxygen atoms in total. The molecule has 11 aromatic rings. The Balaban J connectivity index is 1.21. The first-order chi connectivity index (χ1) is 27.7. The Hall–Kier alpha value is -7.21. The van der Waals surface area contributed by atoms with Crippen molar-refractivity contribution in [1.82, 2.24) is 19.5 Å². The predicted molar refractivity (Wildman–Crippen MR) is 234 cm³/mol. The van der Waals surface area contributed by atoms with Gasteiger partial charge in [-0.05, 0) is 70.8 Å². The SMILES string of the molecule is c1ccc(-c2cccc(-c3cc(-c4nc(-c5ccccc5)nc(-c5ccccc5)n4)cc(-n4c5ccccc5c5c6c(ccc54)sc4ccccc46)c3)c2)cc1. The van der Waals surface area contributed by atoms with Crippen molar-refractivity contribution in [2.75, 3.05) is 0 Å². The molecule has 0 aliphatic heterocycles. The minimum atomic E-state index is 0.618. The Morgan fingerprint density at radius 3 is 1.54 bits per heavy atom. The van der Waals surface area contributed by atoms with Crippen LogP contribution in [0.5, 0.6) is 0 Å². The maximum atomic E-state index is 5.18. The quantitative estimate of drug-likeness (QED) is 0.171. The zero-order chi connectivity index (χ0) is 37.0. The van der Waals surface area contributed by atoms with E-state index in [1.165, 1.54) is 36.5 Å². The van der Waals surface area contributed by atoms with Crippen LogP contribution in [0.2, 0.25) is 0 Å². The Kier molecular flexibility index (Phi) is 7.64. The maximum Gasteiger partial charge on any atom is 0.164 e. The summed E-state index contributed by atoms with van der Waals surface area (Å²) < 4.78 is 5.01. The minimum Gasteiger partial charge on any atom is -0.309 e. The third kappa shape index (κ3) is 5.48. The fraction of sp³-hybridized carbons (Fsp3) is 0. The van der Waals surface area contributed by atoms with Gasteiger partial charge in [0.15, 0.2) is 17.5 Å². The van der Waals surface area contributed by atoms with E-state index < -0.39 is 0 Å². The van der Waals surface area contributed by atoms with E-state index in [0.717, 1.165) is 50.1 Å². The first-order valence-corrected chi connectivity index (χ1v) is 19.6. The van der Waals surface area contributed by atoms with Crippen LogP contribution < -0.4 is 0 Å². The van der Waals surface area contributed by atoms with Crippen LogP contribution in [0.25, 0.3) is 104 Å². The molecule has 0 aliphatic carbocycles. The summed E-state index contributed by atoms with van der Waals surface area (Å²) in [6, 6.07) is 68.6. The van der Waals surface area contributed by atoms with Crippen LogP contribution in [0.15, 0.2) is 194 Å². The highest BCUT2D eigenvalue weighted by atomic mass is 32.1. The van der Waals surface area contributed by atoms with Crippen molar-refractivity contribution < 1.29 is 0 Å². The molecule has 56 heavy (non-hydrogen) atoms. The van der Waals surface area contributed by atoms with Crippen molar-refractivity contribution in [3.05, 3.63) is 194 Å². The van der Waals surface area contributed by atoms with Crippen LogP contribution in [0.4, 0.5) is 0 Å². The molecule has 0 N–H and O–H groups in total. The average Bonchev–Trinajstić information content (AvgIpc) is 3.83. The summed E-state index contributed by atoms with van der Waals surface area (Å²) >= 11 is 1.86. The standard InChI is InChI=1S/C51H32N4S/c1-4-15-33(16-5-1)36-21-14-22-37(29-36)38-30-39(51-53-49(34-17-6-2-7-18-34)52-50(54-51)35-19-8-3-9-20-35)32-40(31-38)55-43-25-12-10-23-41(43)47-44(55)27-28-46-48(47)42-24-11-13-26-45(42)56-46/h1-32H. The highest BCUT2D eigenvalue weighted by Gasteiger charge is 2.20. The van der Waals surface area contributed by atoms with Crippen LogP contribution in [-0.4, -0.2) is 19.5 Å². The Morgan fingerprint density at radius 2 is 0.839 bits per heavy atom. The molecule has 0 unspecified atom stereocenters. The van der Waals surface area contributed by atoms with Crippen LogP contribution in [0.1, 0.15) is 0 Å². The van der Waals surface area contributed by atoms with E-state index in [9.17, 15) is 0 Å². The van der Waals surface area contributed by atoms with Crippen molar-refractivity contribution in [3.63, 3.8) is 0 Å². The lowest BCUT2D eigenvalue weighted by molar-refractivity contribution is 1.07. The molecule has 0 aliphatic rings. The van der Waals surface area contributed by atoms with Gasteiger partial charge in [-0.2, -0.15) is 0 Å². The molecular weight excluding hydrogens is 701 g/mol. The second-order valence-electron chi connectivity index (χ2n) is 14.0. The zero-order valence-electron chi connectivity index (χ0n) is 30.2. The summed E-state index contributed by atoms with van der Waals surface area (Å²) in [6.45, 7) is 0. The molecule has 3 heterocycles. The van der Waals surface area contributed by atoms with E-state index in [4.69, 9.17) is 15.0 Å². The van der Waals surface area contributed by atoms with E-state index >= 15 is 0 Å². The zero-order valence-corrected chi connectivity index (χ0v) is 31.0. The average molecular weight is 733 g/mol. The molecule has 0 amide bonds. The molecular formula is C51H32N4S. The third-order valence-corrected chi connectivity index (χ3v) is 11.7. The van der Waals surface area contributed by atoms with Crippen molar-refractivity contribution in [2.45, 2.75) is 0 Å². The Morgan fingerprint density at radius 1 is 0.321 bits per heavy atom. The van der Waals surface area contributed by atoms with Gasteiger partial charge < -0.3 is 4.57 Å². The minimum absolute atomic E-state index is 0.618. The van der Waals surface area contributed by atoms with E-state index in [1.807, 2.05) is 47.7 Å². The van der Waals surface area contributed by atoms with Crippen molar-refractivity contribution >= 4 is 53.3 Å². The molecule has 3 aromatic heterocycles. The molecule has 8 aromatic carbocycles. The van der Waals surface area contributed by atoms with E-state index in [-0.39, 0.29) is 0 Å². The molecule has 0 bridgehead atoms. The van der Waals surface area contributed by atoms with Gasteiger partial charge >= 0.3 is 0 Å². The van der Waals surface area contributed by atoms with E-state index in [0.29, 0.717) is 17.5 Å². The summed E-state index contributed by atoms with van der Waals surface area (Å²) in [6.07, 6.45) is 0. The number of hydrogen-bond donors (Lipinski definition) is 0. The number of fused-ring (bicyclic) bond motifs is 7. The normalized spacial score (nSPS) is 11.6. The second-order valence-corrected chi connectivity index (χ2v) is 15.1. The molecule has 0 fully saturated rings. The molecule has 0 spiro atoms. The lowest BCUT2D eigenvalue weighted by Gasteiger charge is -2.15. The second kappa shape index (κ2) is 13.3. The molecule has 262 valence electrons. The van der Waals surface area contributed by atoms with Crippen molar-refractivity contribution in [2.24, 2.45) is 0 Å². The van der Waals surface area contributed by atoms with Gasteiger partial charge in [0.1, 0.15) is 0 Å². The number of benzene rings is 8. The topological polar surface area (TPSA) is 43.6 Å². The van der Waals surface area contributed by atoms with Crippen LogP contribution in [-0.2, 0) is 0 Å². The number of aromatic nitrogens is 4. The fourth-order valence-corrected chi connectivity index (χ4v) is 9.15. The highest BCUT2D eigenvalue weighted by Crippen LogP contribution is 2.44. The Bertz CT molecular complexity index is 3180. The predicted octanol–water partition coefficient (Wildman–Crippen LogP) is 13.7. The first kappa shape index (κ1) is 32.2. The van der Waals surface area contributed by atoms with Crippen LogP contribution in [0, 0.1) is 0 Å². The van der Waals surface area contributed by atoms with Gasteiger partial charge in [-0.3, -0.25) is 0 Å². The number of thiophene rings is 1. The van der Waals surface area contributed by atoms with Gasteiger partial charge in [0.2, 0.25) is 0 Å². The van der Waals surface area contributed by atoms with Gasteiger partial charge in [0.05, 0.1) is 11.0 Å². The summed E-state index contributed by atoms with van der Waals surface area (Å²) in [5.41, 5.74) is 10.7. The van der Waals surface area contributed by atoms with E-state index in [2.05, 4.69) is 162 Å². The first-order valence-electron chi connectivity index (χ1n) is 18.8. The number of rotatable bonds is 6. The Labute approximate surface area is 327 Å². The largest absolute Gasteiger partial charge is 0.309 e. The maximum absolute atomic E-state index is 5.18. The van der Waals surface area contributed by atoms with Crippen LogP contribution >= 0.6 is 11.3 Å². The van der Waals surface area contributed by atoms with Gasteiger partial charge in [-0.15, -0.1) is 11.3 Å². The van der Waals surface area contributed by atoms with Crippen molar-refractivity contribution in [1.29, 1.82) is 0 Å². The summed E-state index contributed by atoms with van der Waals surface area (Å²) in [7, 11) is 0. The number of para-hydroxylation sites is 1. The highest BCUT2D eigenvalue weighted by molar-refractivity contribution is 7.26. The molecule has 0 radical (unpaired) electrons. The third-order valence-electron chi connectivity index (χ3n) is 10.6. The summed E-state index contributed by atoms with van der Waals surface area (Å²) in [5, 5.41) is 5.10. The van der Waals surface area contributed by atoms with Crippen LogP contribution in [0.3, 0.4) is 0 Å². The number of hydrogen-bond acceptors (Lipinski definition) is 4.